The molecule has 0 saturated carbocycles. The quantitative estimate of drug-likeness (QED) is 0.726. The van der Waals surface area contributed by atoms with Crippen LogP contribution in [0.3, 0.4) is 0 Å². The maximum atomic E-state index is 12.8. The van der Waals surface area contributed by atoms with Gasteiger partial charge < -0.3 is 9.45 Å². The number of carbonyl (C=O) groups is 1. The molecule has 2 rings (SSSR count). The largest absolute Gasteiger partial charge is 0.598 e. The summed E-state index contributed by atoms with van der Waals surface area (Å²) in [6, 6.07) is 3.09. The Balaban J connectivity index is 2.31. The lowest BCUT2D eigenvalue weighted by atomic mass is 10.2. The van der Waals surface area contributed by atoms with Crippen molar-refractivity contribution < 1.29 is 9.35 Å². The molecule has 2 atom stereocenters. The van der Waals surface area contributed by atoms with Gasteiger partial charge >= 0.3 is 0 Å². The molecule has 0 fully saturated rings. The van der Waals surface area contributed by atoms with E-state index in [-0.39, 0.29) is 11.1 Å². The standard InChI is InChI=1S/C15H20ClN5O2S/c1-5-20(15(22)11(2)19(3)24(4)23)13-10-21(18-14(13)16)12-7-6-8-17-9-12/h6-11H,5H2,1-4H3. The molecule has 0 aliphatic heterocycles. The van der Waals surface area contributed by atoms with E-state index in [0.29, 0.717) is 12.2 Å². The number of amides is 1. The number of pyridine rings is 1. The summed E-state index contributed by atoms with van der Waals surface area (Å²) in [4.78, 5) is 18.3. The normalized spacial score (nSPS) is 13.8. The Morgan fingerprint density at radius 3 is 2.79 bits per heavy atom. The van der Waals surface area contributed by atoms with E-state index in [1.54, 1.807) is 43.3 Å². The summed E-state index contributed by atoms with van der Waals surface area (Å²) in [5.41, 5.74) is 1.25. The van der Waals surface area contributed by atoms with Crippen molar-refractivity contribution in [3.8, 4) is 5.69 Å². The smallest absolute Gasteiger partial charge is 0.248 e. The monoisotopic (exact) mass is 369 g/mol. The van der Waals surface area contributed by atoms with Crippen LogP contribution in [-0.4, -0.2) is 55.4 Å². The van der Waals surface area contributed by atoms with Crippen LogP contribution in [0.4, 0.5) is 5.69 Å². The van der Waals surface area contributed by atoms with Crippen LogP contribution in [0.1, 0.15) is 13.8 Å². The molecule has 9 heteroatoms. The fraction of sp³-hybridized carbons (Fsp3) is 0.400. The second-order valence-electron chi connectivity index (χ2n) is 5.19. The van der Waals surface area contributed by atoms with Crippen molar-refractivity contribution in [3.05, 3.63) is 35.9 Å². The molecule has 2 unspecified atom stereocenters. The summed E-state index contributed by atoms with van der Waals surface area (Å²) in [5.74, 6) is -0.192. The molecule has 0 N–H and O–H groups in total. The minimum atomic E-state index is -1.24. The summed E-state index contributed by atoms with van der Waals surface area (Å²) in [7, 11) is 1.65. The van der Waals surface area contributed by atoms with Gasteiger partial charge in [0.2, 0.25) is 5.91 Å². The first-order valence-electron chi connectivity index (χ1n) is 7.40. The molecule has 0 bridgehead atoms. The van der Waals surface area contributed by atoms with Crippen LogP contribution in [0.5, 0.6) is 0 Å². The first kappa shape index (κ1) is 18.7. The number of rotatable bonds is 6. The Labute approximate surface area is 149 Å². The van der Waals surface area contributed by atoms with Gasteiger partial charge in [0.05, 0.1) is 18.1 Å². The maximum absolute atomic E-state index is 12.8. The lowest BCUT2D eigenvalue weighted by Gasteiger charge is -2.28. The number of likely N-dealkylation sites (N-methyl/N-ethyl adjacent to an activating group) is 2. The second kappa shape index (κ2) is 7.98. The number of carbonyl (C=O) groups excluding carboxylic acids is 1. The van der Waals surface area contributed by atoms with Gasteiger partial charge in [-0.3, -0.25) is 9.78 Å². The van der Waals surface area contributed by atoms with Crippen molar-refractivity contribution in [1.82, 2.24) is 19.1 Å². The predicted octanol–water partition coefficient (Wildman–Crippen LogP) is 1.89. The van der Waals surface area contributed by atoms with Gasteiger partial charge in [-0.2, -0.15) is 5.10 Å². The molecule has 0 saturated heterocycles. The molecule has 2 heterocycles. The Kier molecular flexibility index (Phi) is 6.22. The molecule has 2 aromatic rings. The van der Waals surface area contributed by atoms with Crippen molar-refractivity contribution in [2.24, 2.45) is 0 Å². The summed E-state index contributed by atoms with van der Waals surface area (Å²) >= 11 is 5.00. The summed E-state index contributed by atoms with van der Waals surface area (Å²) in [6.45, 7) is 3.99. The highest BCUT2D eigenvalue weighted by molar-refractivity contribution is 7.88. The van der Waals surface area contributed by atoms with Crippen LogP contribution in [-0.2, 0) is 16.2 Å². The lowest BCUT2D eigenvalue weighted by Crippen LogP contribution is -2.47. The first-order valence-corrected chi connectivity index (χ1v) is 9.29. The van der Waals surface area contributed by atoms with Gasteiger partial charge in [-0.25, -0.2) is 4.68 Å². The average Bonchev–Trinajstić information content (AvgIpc) is 2.96. The zero-order valence-electron chi connectivity index (χ0n) is 14.0. The Bertz CT molecular complexity index is 694. The molecule has 2 aromatic heterocycles. The fourth-order valence-corrected chi connectivity index (χ4v) is 2.96. The topological polar surface area (TPSA) is 77.3 Å². The summed E-state index contributed by atoms with van der Waals surface area (Å²) in [5, 5.41) is 4.47. The van der Waals surface area contributed by atoms with Crippen molar-refractivity contribution in [2.75, 3.05) is 24.7 Å². The number of nitrogens with zero attached hydrogens (tertiary/aromatic N) is 5. The SMILES string of the molecule is CCN(C(=O)C(C)N(C)[S+](C)[O-])c1cn(-c2cccnc2)nc1Cl. The van der Waals surface area contributed by atoms with Gasteiger partial charge in [0.15, 0.2) is 5.15 Å². The van der Waals surface area contributed by atoms with E-state index in [1.807, 2.05) is 13.0 Å². The van der Waals surface area contributed by atoms with E-state index in [0.717, 1.165) is 5.69 Å². The highest BCUT2D eigenvalue weighted by Gasteiger charge is 2.30. The molecule has 1 amide bonds. The first-order chi connectivity index (χ1) is 11.4. The van der Waals surface area contributed by atoms with E-state index in [2.05, 4.69) is 10.1 Å². The van der Waals surface area contributed by atoms with Gasteiger partial charge in [-0.1, -0.05) is 11.6 Å². The van der Waals surface area contributed by atoms with Crippen molar-refractivity contribution >= 4 is 34.6 Å². The molecule has 0 spiro atoms. The summed E-state index contributed by atoms with van der Waals surface area (Å²) < 4.78 is 14.7. The molecule has 0 aliphatic carbocycles. The number of halogens is 1. The third-order valence-electron chi connectivity index (χ3n) is 3.74. The van der Waals surface area contributed by atoms with Crippen LogP contribution in [0.2, 0.25) is 5.15 Å². The molecule has 24 heavy (non-hydrogen) atoms. The number of hydrogen-bond donors (Lipinski definition) is 0. The molecule has 7 nitrogen and oxygen atoms in total. The van der Waals surface area contributed by atoms with Crippen LogP contribution < -0.4 is 4.90 Å². The van der Waals surface area contributed by atoms with E-state index in [1.165, 1.54) is 15.5 Å². The van der Waals surface area contributed by atoms with Gasteiger partial charge in [-0.15, -0.1) is 4.31 Å². The highest BCUT2D eigenvalue weighted by Crippen LogP contribution is 2.27. The third-order valence-corrected chi connectivity index (χ3v) is 5.14. The van der Waals surface area contributed by atoms with Crippen LogP contribution in [0.15, 0.2) is 30.7 Å². The zero-order valence-corrected chi connectivity index (χ0v) is 15.6. The van der Waals surface area contributed by atoms with E-state index >= 15 is 0 Å². The molecular formula is C15H20ClN5O2S. The number of anilines is 1. The number of hydrogen-bond acceptors (Lipinski definition) is 5. The maximum Gasteiger partial charge on any atom is 0.248 e. The van der Waals surface area contributed by atoms with E-state index in [4.69, 9.17) is 11.6 Å². The molecular weight excluding hydrogens is 350 g/mol. The minimum absolute atomic E-state index is 0.192. The molecule has 0 aliphatic rings. The minimum Gasteiger partial charge on any atom is -0.598 e. The van der Waals surface area contributed by atoms with Crippen LogP contribution in [0, 0.1) is 0 Å². The van der Waals surface area contributed by atoms with Crippen LogP contribution in [0.25, 0.3) is 5.69 Å². The fourth-order valence-electron chi connectivity index (χ4n) is 2.19. The number of aromatic nitrogens is 3. The predicted molar refractivity (Wildman–Crippen MR) is 95.7 cm³/mol. The molecule has 0 radical (unpaired) electrons. The van der Waals surface area contributed by atoms with Crippen molar-refractivity contribution in [2.45, 2.75) is 19.9 Å². The van der Waals surface area contributed by atoms with Gasteiger partial charge in [0.25, 0.3) is 0 Å². The van der Waals surface area contributed by atoms with Crippen molar-refractivity contribution in [3.63, 3.8) is 0 Å². The van der Waals surface area contributed by atoms with Crippen LogP contribution >= 0.6 is 11.6 Å². The zero-order chi connectivity index (χ0) is 17.9. The van der Waals surface area contributed by atoms with Gasteiger partial charge in [0, 0.05) is 31.2 Å². The Hall–Kier alpha value is -1.61. The van der Waals surface area contributed by atoms with Gasteiger partial charge in [0.1, 0.15) is 18.0 Å². The van der Waals surface area contributed by atoms with E-state index in [9.17, 15) is 9.35 Å². The van der Waals surface area contributed by atoms with E-state index < -0.39 is 17.4 Å². The second-order valence-corrected chi connectivity index (χ2v) is 6.97. The summed E-state index contributed by atoms with van der Waals surface area (Å²) in [6.07, 6.45) is 6.55. The highest BCUT2D eigenvalue weighted by atomic mass is 35.5. The molecule has 0 aromatic carbocycles. The Morgan fingerprint density at radius 1 is 1.54 bits per heavy atom. The van der Waals surface area contributed by atoms with Crippen molar-refractivity contribution in [1.29, 1.82) is 0 Å². The average molecular weight is 370 g/mol. The molecule has 130 valence electrons. The third kappa shape index (κ3) is 3.89. The van der Waals surface area contributed by atoms with Gasteiger partial charge in [-0.05, 0) is 26.0 Å². The Morgan fingerprint density at radius 2 is 2.25 bits per heavy atom. The lowest BCUT2D eigenvalue weighted by molar-refractivity contribution is -0.121.